The molecule has 2 rings (SSSR count). The molecule has 1 heterocycles. The SMILES string of the molecule is CCCc1nnsc1C(=O)N[C@@H]1CC=CC[C@H]1C(N)=O. The average molecular weight is 294 g/mol. The number of amides is 2. The maximum Gasteiger partial charge on any atom is 0.265 e. The molecule has 0 saturated heterocycles. The van der Waals surface area contributed by atoms with E-state index in [0.717, 1.165) is 30.1 Å². The van der Waals surface area contributed by atoms with Crippen molar-refractivity contribution in [2.24, 2.45) is 11.7 Å². The standard InChI is InChI=1S/C13H18N4O2S/c1-2-5-10-11(20-17-16-10)13(19)15-9-7-4-3-6-8(9)12(14)18/h3-4,8-9H,2,5-7H2,1H3,(H2,14,18)(H,15,19)/t8-,9-/m1/s1. The van der Waals surface area contributed by atoms with Gasteiger partial charge in [0.1, 0.15) is 4.88 Å². The van der Waals surface area contributed by atoms with Crippen molar-refractivity contribution in [1.29, 1.82) is 0 Å². The number of allylic oxidation sites excluding steroid dienone is 1. The highest BCUT2D eigenvalue weighted by Gasteiger charge is 2.29. The second-order valence-electron chi connectivity index (χ2n) is 4.83. The summed E-state index contributed by atoms with van der Waals surface area (Å²) < 4.78 is 3.83. The summed E-state index contributed by atoms with van der Waals surface area (Å²) in [6.45, 7) is 2.02. The summed E-state index contributed by atoms with van der Waals surface area (Å²) in [6.07, 6.45) is 6.71. The van der Waals surface area contributed by atoms with Gasteiger partial charge in [0.15, 0.2) is 0 Å². The van der Waals surface area contributed by atoms with Crippen LogP contribution >= 0.6 is 11.5 Å². The normalized spacial score (nSPS) is 21.6. The van der Waals surface area contributed by atoms with Crippen LogP contribution in [-0.2, 0) is 11.2 Å². The molecule has 6 nitrogen and oxygen atoms in total. The number of carbonyl (C=O) groups excluding carboxylic acids is 2. The second-order valence-corrected chi connectivity index (χ2v) is 5.58. The van der Waals surface area contributed by atoms with E-state index in [1.54, 1.807) is 0 Å². The van der Waals surface area contributed by atoms with Gasteiger partial charge in [0.05, 0.1) is 11.6 Å². The lowest BCUT2D eigenvalue weighted by atomic mass is 9.88. The first-order valence-corrected chi connectivity index (χ1v) is 7.47. The zero-order chi connectivity index (χ0) is 14.5. The lowest BCUT2D eigenvalue weighted by Gasteiger charge is -2.26. The number of aromatic nitrogens is 2. The molecular weight excluding hydrogens is 276 g/mol. The maximum atomic E-state index is 12.3. The fourth-order valence-corrected chi connectivity index (χ4v) is 2.91. The van der Waals surface area contributed by atoms with Crippen molar-refractivity contribution in [1.82, 2.24) is 14.9 Å². The molecule has 0 fully saturated rings. The van der Waals surface area contributed by atoms with Crippen LogP contribution in [0.5, 0.6) is 0 Å². The third kappa shape index (κ3) is 3.22. The first kappa shape index (κ1) is 14.6. The van der Waals surface area contributed by atoms with Gasteiger partial charge in [-0.3, -0.25) is 9.59 Å². The summed E-state index contributed by atoms with van der Waals surface area (Å²) in [5, 5.41) is 6.87. The van der Waals surface area contributed by atoms with Crippen LogP contribution in [0.15, 0.2) is 12.2 Å². The molecule has 1 aromatic rings. The minimum Gasteiger partial charge on any atom is -0.369 e. The lowest BCUT2D eigenvalue weighted by Crippen LogP contribution is -2.46. The van der Waals surface area contributed by atoms with Crippen molar-refractivity contribution < 1.29 is 9.59 Å². The minimum absolute atomic E-state index is 0.213. The number of nitrogens with zero attached hydrogens (tertiary/aromatic N) is 2. The molecule has 0 aromatic carbocycles. The number of hydrogen-bond acceptors (Lipinski definition) is 5. The molecular formula is C13H18N4O2S. The lowest BCUT2D eigenvalue weighted by molar-refractivity contribution is -0.122. The highest BCUT2D eigenvalue weighted by molar-refractivity contribution is 7.08. The topological polar surface area (TPSA) is 98.0 Å². The molecule has 108 valence electrons. The van der Waals surface area contributed by atoms with Gasteiger partial charge in [0.2, 0.25) is 5.91 Å². The Morgan fingerprint density at radius 2 is 2.20 bits per heavy atom. The van der Waals surface area contributed by atoms with Gasteiger partial charge in [-0.25, -0.2) is 0 Å². The highest BCUT2D eigenvalue weighted by atomic mass is 32.1. The summed E-state index contributed by atoms with van der Waals surface area (Å²) in [4.78, 5) is 24.2. The van der Waals surface area contributed by atoms with Gasteiger partial charge in [-0.1, -0.05) is 30.0 Å². The molecule has 0 aliphatic heterocycles. The third-order valence-corrected chi connectivity index (χ3v) is 4.13. The second kappa shape index (κ2) is 6.60. The molecule has 2 amide bonds. The van der Waals surface area contributed by atoms with E-state index in [1.165, 1.54) is 0 Å². The monoisotopic (exact) mass is 294 g/mol. The Bertz CT molecular complexity index is 526. The van der Waals surface area contributed by atoms with Crippen LogP contribution in [0, 0.1) is 5.92 Å². The van der Waals surface area contributed by atoms with Crippen LogP contribution < -0.4 is 11.1 Å². The van der Waals surface area contributed by atoms with Crippen molar-refractivity contribution >= 4 is 23.3 Å². The van der Waals surface area contributed by atoms with Crippen LogP contribution in [0.4, 0.5) is 0 Å². The molecule has 20 heavy (non-hydrogen) atoms. The van der Waals surface area contributed by atoms with Gasteiger partial charge in [-0.15, -0.1) is 5.10 Å². The highest BCUT2D eigenvalue weighted by Crippen LogP contribution is 2.20. The predicted molar refractivity (Wildman–Crippen MR) is 76.2 cm³/mol. The number of carbonyl (C=O) groups is 2. The minimum atomic E-state index is -0.379. The molecule has 0 bridgehead atoms. The number of aryl methyl sites for hydroxylation is 1. The van der Waals surface area contributed by atoms with Crippen molar-refractivity contribution in [3.05, 3.63) is 22.7 Å². The first-order chi connectivity index (χ1) is 9.63. The van der Waals surface area contributed by atoms with E-state index in [0.29, 0.717) is 17.7 Å². The first-order valence-electron chi connectivity index (χ1n) is 6.69. The Morgan fingerprint density at radius 1 is 1.45 bits per heavy atom. The van der Waals surface area contributed by atoms with Crippen LogP contribution in [0.1, 0.15) is 41.6 Å². The Balaban J connectivity index is 2.08. The molecule has 0 spiro atoms. The molecule has 3 N–H and O–H groups in total. The Hall–Kier alpha value is -1.76. The average Bonchev–Trinajstić information content (AvgIpc) is 2.88. The van der Waals surface area contributed by atoms with E-state index >= 15 is 0 Å². The van der Waals surface area contributed by atoms with Crippen molar-refractivity contribution in [2.45, 2.75) is 38.6 Å². The fourth-order valence-electron chi connectivity index (χ4n) is 2.30. The van der Waals surface area contributed by atoms with E-state index in [9.17, 15) is 9.59 Å². The van der Waals surface area contributed by atoms with E-state index in [2.05, 4.69) is 14.9 Å². The molecule has 0 radical (unpaired) electrons. The summed E-state index contributed by atoms with van der Waals surface area (Å²) in [6, 6.07) is -0.249. The largest absolute Gasteiger partial charge is 0.369 e. The van der Waals surface area contributed by atoms with E-state index in [-0.39, 0.29) is 23.8 Å². The smallest absolute Gasteiger partial charge is 0.265 e. The summed E-state index contributed by atoms with van der Waals surface area (Å²) in [5.74, 6) is -0.940. The van der Waals surface area contributed by atoms with Gasteiger partial charge in [-0.2, -0.15) is 0 Å². The molecule has 1 aromatic heterocycles. The van der Waals surface area contributed by atoms with E-state index in [4.69, 9.17) is 5.73 Å². The van der Waals surface area contributed by atoms with Crippen molar-refractivity contribution in [2.75, 3.05) is 0 Å². The number of rotatable bonds is 5. The van der Waals surface area contributed by atoms with Gasteiger partial charge >= 0.3 is 0 Å². The Morgan fingerprint density at radius 3 is 2.90 bits per heavy atom. The summed E-state index contributed by atoms with van der Waals surface area (Å²) >= 11 is 1.09. The van der Waals surface area contributed by atoms with Gasteiger partial charge in [0.25, 0.3) is 5.91 Å². The molecule has 1 aliphatic carbocycles. The Labute approximate surface area is 121 Å². The molecule has 7 heteroatoms. The van der Waals surface area contributed by atoms with Crippen molar-refractivity contribution in [3.8, 4) is 0 Å². The van der Waals surface area contributed by atoms with E-state index in [1.807, 2.05) is 19.1 Å². The number of nitrogens with two attached hydrogens (primary N) is 1. The zero-order valence-electron chi connectivity index (χ0n) is 11.3. The molecule has 0 unspecified atom stereocenters. The van der Waals surface area contributed by atoms with Gasteiger partial charge in [0, 0.05) is 6.04 Å². The van der Waals surface area contributed by atoms with Crippen LogP contribution in [0.25, 0.3) is 0 Å². The number of primary amides is 1. The molecule has 0 saturated carbocycles. The van der Waals surface area contributed by atoms with Gasteiger partial charge in [-0.05, 0) is 30.8 Å². The molecule has 1 aliphatic rings. The summed E-state index contributed by atoms with van der Waals surface area (Å²) in [5.41, 5.74) is 6.10. The van der Waals surface area contributed by atoms with E-state index < -0.39 is 0 Å². The fraction of sp³-hybridized carbons (Fsp3) is 0.538. The van der Waals surface area contributed by atoms with Crippen LogP contribution in [-0.4, -0.2) is 27.4 Å². The Kier molecular flexibility index (Phi) is 4.84. The van der Waals surface area contributed by atoms with Gasteiger partial charge < -0.3 is 11.1 Å². The zero-order valence-corrected chi connectivity index (χ0v) is 12.2. The molecule has 2 atom stereocenters. The van der Waals surface area contributed by atoms with Crippen molar-refractivity contribution in [3.63, 3.8) is 0 Å². The third-order valence-electron chi connectivity index (χ3n) is 3.36. The number of nitrogens with one attached hydrogen (secondary N) is 1. The number of hydrogen-bond donors (Lipinski definition) is 2. The predicted octanol–water partition coefficient (Wildman–Crippen LogP) is 1.04. The quantitative estimate of drug-likeness (QED) is 0.793. The van der Waals surface area contributed by atoms with Crippen LogP contribution in [0.2, 0.25) is 0 Å². The maximum absolute atomic E-state index is 12.3. The summed E-state index contributed by atoms with van der Waals surface area (Å²) in [7, 11) is 0. The van der Waals surface area contributed by atoms with Crippen LogP contribution in [0.3, 0.4) is 0 Å².